The monoisotopic (exact) mass is 671 g/mol. The predicted molar refractivity (Wildman–Crippen MR) is 180 cm³/mol. The highest BCUT2D eigenvalue weighted by Crippen LogP contribution is 2.28. The van der Waals surface area contributed by atoms with Gasteiger partial charge in [-0.1, -0.05) is 71.4 Å². The molecule has 3 fully saturated rings. The van der Waals surface area contributed by atoms with Crippen molar-refractivity contribution in [3.8, 4) is 0 Å². The Bertz CT molecular complexity index is 1230. The number of hydrogen-bond acceptors (Lipinski definition) is 8. The second-order valence-corrected chi connectivity index (χ2v) is 14.5. The summed E-state index contributed by atoms with van der Waals surface area (Å²) in [5.74, 6) is -1.12. The molecule has 2 saturated heterocycles. The normalized spacial score (nSPS) is 21.9. The smallest absolute Gasteiger partial charge is 0.290 e. The van der Waals surface area contributed by atoms with Gasteiger partial charge in [-0.2, -0.15) is 0 Å². The lowest BCUT2D eigenvalue weighted by atomic mass is 9.84. The topological polar surface area (TPSA) is 180 Å². The molecule has 48 heavy (non-hydrogen) atoms. The number of rotatable bonds is 15. The molecule has 1 unspecified atom stereocenters. The average molecular weight is 672 g/mol. The minimum Gasteiger partial charge on any atom is -0.351 e. The molecule has 0 spiro atoms. The second kappa shape index (κ2) is 17.8. The summed E-state index contributed by atoms with van der Waals surface area (Å²) in [6.07, 6.45) is 10.3. The molecule has 1 aromatic rings. The maximum absolute atomic E-state index is 13.8. The van der Waals surface area contributed by atoms with Gasteiger partial charge in [0.1, 0.15) is 24.2 Å². The van der Waals surface area contributed by atoms with Gasteiger partial charge in [0.2, 0.25) is 29.4 Å². The van der Waals surface area contributed by atoms with Crippen molar-refractivity contribution in [1.29, 1.82) is 0 Å². The van der Waals surface area contributed by atoms with Crippen LogP contribution in [0, 0.1) is 23.7 Å². The Labute approximate surface area is 284 Å². The maximum atomic E-state index is 13.8. The molecule has 0 bridgehead atoms. The molecule has 5 N–H and O–H groups in total. The zero-order valence-electron chi connectivity index (χ0n) is 29.2. The Morgan fingerprint density at radius 2 is 1.67 bits per heavy atom. The summed E-state index contributed by atoms with van der Waals surface area (Å²) in [6.45, 7) is 10.1. The van der Waals surface area contributed by atoms with Crippen LogP contribution in [0.1, 0.15) is 109 Å². The van der Waals surface area contributed by atoms with Gasteiger partial charge >= 0.3 is 0 Å². The van der Waals surface area contributed by atoms with E-state index >= 15 is 0 Å². The third-order valence-electron chi connectivity index (χ3n) is 10.5. The number of nitrogens with one attached hydrogen (secondary N) is 3. The zero-order valence-corrected chi connectivity index (χ0v) is 29.2. The number of amides is 5. The number of nitrogens with two attached hydrogens (primary N) is 1. The number of hydrogen-bond donors (Lipinski definition) is 4. The summed E-state index contributed by atoms with van der Waals surface area (Å²) in [5.41, 5.74) is 5.85. The lowest BCUT2D eigenvalue weighted by molar-refractivity contribution is -0.146. The predicted octanol–water partition coefficient (Wildman–Crippen LogP) is 2.60. The molecule has 268 valence electrons. The summed E-state index contributed by atoms with van der Waals surface area (Å²) < 4.78 is 5.01. The van der Waals surface area contributed by atoms with Crippen molar-refractivity contribution in [2.45, 2.75) is 122 Å². The number of carbonyl (C=O) groups excluding carboxylic acids is 5. The maximum Gasteiger partial charge on any atom is 0.290 e. The van der Waals surface area contributed by atoms with Crippen LogP contribution in [0.4, 0.5) is 0 Å². The van der Waals surface area contributed by atoms with Gasteiger partial charge in [0.25, 0.3) is 5.91 Å². The highest BCUT2D eigenvalue weighted by molar-refractivity contribution is 5.98. The Kier molecular flexibility index (Phi) is 13.8. The Morgan fingerprint density at radius 1 is 0.958 bits per heavy atom. The molecule has 13 nitrogen and oxygen atoms in total. The van der Waals surface area contributed by atoms with Crippen molar-refractivity contribution >= 4 is 29.5 Å². The van der Waals surface area contributed by atoms with E-state index in [0.717, 1.165) is 44.9 Å². The lowest BCUT2D eigenvalue weighted by Gasteiger charge is -2.37. The summed E-state index contributed by atoms with van der Waals surface area (Å²) in [4.78, 5) is 71.5. The van der Waals surface area contributed by atoms with Crippen LogP contribution < -0.4 is 21.7 Å². The summed E-state index contributed by atoms with van der Waals surface area (Å²) >= 11 is 0. The number of piperidine rings is 1. The molecule has 1 aliphatic carbocycles. The fraction of sp³-hybridized carbons (Fsp3) is 0.771. The van der Waals surface area contributed by atoms with Gasteiger partial charge in [-0.05, 0) is 62.3 Å². The first-order chi connectivity index (χ1) is 23.0. The van der Waals surface area contributed by atoms with Gasteiger partial charge in [0.05, 0.1) is 6.20 Å². The number of likely N-dealkylation sites (tertiary alicyclic amines) is 2. The van der Waals surface area contributed by atoms with Gasteiger partial charge in [-0.25, -0.2) is 0 Å². The van der Waals surface area contributed by atoms with E-state index in [9.17, 15) is 24.0 Å². The van der Waals surface area contributed by atoms with Crippen molar-refractivity contribution < 1.29 is 28.5 Å². The number of carbonyl (C=O) groups is 5. The van der Waals surface area contributed by atoms with Gasteiger partial charge < -0.3 is 36.0 Å². The minimum atomic E-state index is -0.919. The van der Waals surface area contributed by atoms with Crippen molar-refractivity contribution in [2.75, 3.05) is 26.2 Å². The third-order valence-corrected chi connectivity index (χ3v) is 10.5. The van der Waals surface area contributed by atoms with Crippen LogP contribution in [0.15, 0.2) is 16.8 Å². The van der Waals surface area contributed by atoms with Crippen LogP contribution in [0.2, 0.25) is 0 Å². The summed E-state index contributed by atoms with van der Waals surface area (Å²) in [7, 11) is 0. The van der Waals surface area contributed by atoms with E-state index in [-0.39, 0.29) is 35.3 Å². The van der Waals surface area contributed by atoms with Crippen LogP contribution in [-0.2, 0) is 19.2 Å². The first-order valence-corrected chi connectivity index (χ1v) is 18.1. The van der Waals surface area contributed by atoms with E-state index in [1.165, 1.54) is 12.3 Å². The molecule has 0 aromatic carbocycles. The lowest BCUT2D eigenvalue weighted by Crippen LogP contribution is -2.58. The third kappa shape index (κ3) is 9.79. The van der Waals surface area contributed by atoms with E-state index in [2.05, 4.69) is 21.1 Å². The SMILES string of the molecule is CC[C@H](C)[C@H](NC(=O)[C@H](CC1CCCCC1)NC(=O)c1ccno1)C(=O)NC1CCN([C@@H](CC(C)C)C(=O)N2CCC(CN)CC2)C1=O. The quantitative estimate of drug-likeness (QED) is 0.220. The minimum absolute atomic E-state index is 0.00579. The molecule has 4 rings (SSSR count). The first kappa shape index (κ1) is 37.3. The van der Waals surface area contributed by atoms with Crippen LogP contribution >= 0.6 is 0 Å². The Hall–Kier alpha value is -3.48. The molecule has 5 amide bonds. The van der Waals surface area contributed by atoms with Crippen LogP contribution in [-0.4, -0.2) is 94.8 Å². The van der Waals surface area contributed by atoms with Crippen molar-refractivity contribution in [3.05, 3.63) is 18.0 Å². The van der Waals surface area contributed by atoms with E-state index in [1.54, 1.807) is 4.90 Å². The summed E-state index contributed by atoms with van der Waals surface area (Å²) in [6, 6.07) is -1.74. The van der Waals surface area contributed by atoms with Crippen LogP contribution in [0.3, 0.4) is 0 Å². The Morgan fingerprint density at radius 3 is 2.27 bits per heavy atom. The van der Waals surface area contributed by atoms with E-state index in [1.807, 2.05) is 32.6 Å². The van der Waals surface area contributed by atoms with Crippen LogP contribution in [0.25, 0.3) is 0 Å². The molecule has 3 heterocycles. The molecular formula is C35H57N7O6. The standard InChI is InChI=1S/C35H57N7O6/c1-5-23(4)30(40-31(43)27(20-24-9-7-6-8-10-24)39-32(44)29-11-15-37-48-29)33(45)38-26-14-18-42(34(26)46)28(19-22(2)3)35(47)41-16-12-25(21-36)13-17-41/h11,15,22-28,30H,5-10,12-14,16-21,36H2,1-4H3,(H,38,45)(H,39,44)(H,40,43)/t23-,26?,27-,28-,30-/m0/s1. The van der Waals surface area contributed by atoms with Gasteiger partial charge in [-0.15, -0.1) is 0 Å². The Balaban J connectivity index is 1.43. The van der Waals surface area contributed by atoms with E-state index < -0.39 is 41.9 Å². The molecule has 0 radical (unpaired) electrons. The average Bonchev–Trinajstić information content (AvgIpc) is 3.76. The van der Waals surface area contributed by atoms with Crippen molar-refractivity contribution in [2.24, 2.45) is 29.4 Å². The molecule has 3 aliphatic rings. The fourth-order valence-corrected chi connectivity index (χ4v) is 7.32. The number of aromatic nitrogens is 1. The highest BCUT2D eigenvalue weighted by Gasteiger charge is 2.43. The van der Waals surface area contributed by atoms with Gasteiger partial charge in [0.15, 0.2) is 0 Å². The zero-order chi connectivity index (χ0) is 34.8. The molecule has 1 aromatic heterocycles. The summed E-state index contributed by atoms with van der Waals surface area (Å²) in [5, 5.41) is 12.2. The second-order valence-electron chi connectivity index (χ2n) is 14.5. The van der Waals surface area contributed by atoms with Crippen LogP contribution in [0.5, 0.6) is 0 Å². The largest absolute Gasteiger partial charge is 0.351 e. The molecule has 13 heteroatoms. The van der Waals surface area contributed by atoms with Crippen molar-refractivity contribution in [1.82, 2.24) is 30.9 Å². The molecule has 1 saturated carbocycles. The molecule has 5 atom stereocenters. The number of nitrogens with zero attached hydrogens (tertiary/aromatic N) is 3. The molecular weight excluding hydrogens is 614 g/mol. The van der Waals surface area contributed by atoms with Gasteiger partial charge in [-0.3, -0.25) is 24.0 Å². The highest BCUT2D eigenvalue weighted by atomic mass is 16.5. The fourth-order valence-electron chi connectivity index (χ4n) is 7.32. The molecule has 2 aliphatic heterocycles. The van der Waals surface area contributed by atoms with E-state index in [4.69, 9.17) is 10.3 Å². The first-order valence-electron chi connectivity index (χ1n) is 18.1. The van der Waals surface area contributed by atoms with E-state index in [0.29, 0.717) is 57.8 Å². The van der Waals surface area contributed by atoms with Gasteiger partial charge in [0, 0.05) is 25.7 Å². The van der Waals surface area contributed by atoms with Crippen molar-refractivity contribution in [3.63, 3.8) is 0 Å².